The quantitative estimate of drug-likeness (QED) is 0.853. The number of hydrogen-bond donors (Lipinski definition) is 0. The molecule has 1 unspecified atom stereocenters. The second-order valence-corrected chi connectivity index (χ2v) is 7.02. The molecule has 0 N–H and O–H groups in total. The summed E-state index contributed by atoms with van der Waals surface area (Å²) < 4.78 is 5.14. The number of ether oxygens (including phenoxy) is 1. The third-order valence-corrected chi connectivity index (χ3v) is 5.50. The van der Waals surface area contributed by atoms with Crippen molar-refractivity contribution in [2.45, 2.75) is 25.7 Å². The third-order valence-electron chi connectivity index (χ3n) is 4.66. The van der Waals surface area contributed by atoms with Gasteiger partial charge in [0.15, 0.2) is 5.13 Å². The standard InChI is InChI=1S/C15H23N3O2S/c1-20-9-8-17-11-15(5-3-13(17)19)4-2-7-18(12-15)14-16-6-10-21-14/h6,10H,2-5,7-9,11-12H2,1H3. The van der Waals surface area contributed by atoms with Crippen LogP contribution in [0.4, 0.5) is 5.13 Å². The number of carbonyl (C=O) groups excluding carboxylic acids is 1. The number of amides is 1. The molecule has 3 rings (SSSR count). The molecule has 3 heterocycles. The molecular formula is C15H23N3O2S. The highest BCUT2D eigenvalue weighted by Gasteiger charge is 2.41. The van der Waals surface area contributed by atoms with Gasteiger partial charge in [0.05, 0.1) is 6.61 Å². The Morgan fingerprint density at radius 3 is 3.10 bits per heavy atom. The first-order valence-corrected chi connectivity index (χ1v) is 8.52. The minimum atomic E-state index is 0.242. The molecule has 116 valence electrons. The predicted molar refractivity (Wildman–Crippen MR) is 83.7 cm³/mol. The van der Waals surface area contributed by atoms with Gasteiger partial charge in [-0.25, -0.2) is 4.98 Å². The van der Waals surface area contributed by atoms with E-state index >= 15 is 0 Å². The third kappa shape index (κ3) is 3.21. The van der Waals surface area contributed by atoms with Gasteiger partial charge in [0.25, 0.3) is 0 Å². The van der Waals surface area contributed by atoms with E-state index in [0.29, 0.717) is 19.6 Å². The predicted octanol–water partition coefficient (Wildman–Crippen LogP) is 2.00. The van der Waals surface area contributed by atoms with Crippen molar-refractivity contribution in [1.29, 1.82) is 0 Å². The van der Waals surface area contributed by atoms with Crippen LogP contribution in [0.5, 0.6) is 0 Å². The monoisotopic (exact) mass is 309 g/mol. The largest absolute Gasteiger partial charge is 0.383 e. The van der Waals surface area contributed by atoms with Crippen LogP contribution in [0.3, 0.4) is 0 Å². The number of hydrogen-bond acceptors (Lipinski definition) is 5. The lowest BCUT2D eigenvalue weighted by Crippen LogP contribution is -2.54. The average molecular weight is 309 g/mol. The Bertz CT molecular complexity index is 479. The summed E-state index contributed by atoms with van der Waals surface area (Å²) in [6.45, 7) is 4.32. The Morgan fingerprint density at radius 2 is 2.33 bits per heavy atom. The van der Waals surface area contributed by atoms with E-state index in [9.17, 15) is 4.79 Å². The fraction of sp³-hybridized carbons (Fsp3) is 0.733. The highest BCUT2D eigenvalue weighted by Crippen LogP contribution is 2.40. The summed E-state index contributed by atoms with van der Waals surface area (Å²) in [6, 6.07) is 0. The number of anilines is 1. The number of rotatable bonds is 4. The van der Waals surface area contributed by atoms with Gasteiger partial charge in [-0.3, -0.25) is 4.79 Å². The summed E-state index contributed by atoms with van der Waals surface area (Å²) in [6.07, 6.45) is 5.96. The van der Waals surface area contributed by atoms with Crippen molar-refractivity contribution in [2.24, 2.45) is 5.41 Å². The lowest BCUT2D eigenvalue weighted by molar-refractivity contribution is -0.138. The van der Waals surface area contributed by atoms with Crippen LogP contribution < -0.4 is 4.90 Å². The van der Waals surface area contributed by atoms with Crippen LogP contribution in [0.25, 0.3) is 0 Å². The van der Waals surface area contributed by atoms with E-state index in [1.807, 2.05) is 16.5 Å². The normalized spacial score (nSPS) is 26.6. The van der Waals surface area contributed by atoms with Crippen LogP contribution >= 0.6 is 11.3 Å². The average Bonchev–Trinajstić information content (AvgIpc) is 3.03. The van der Waals surface area contributed by atoms with Gasteiger partial charge in [-0.2, -0.15) is 0 Å². The zero-order valence-corrected chi connectivity index (χ0v) is 13.4. The lowest BCUT2D eigenvalue weighted by atomic mass is 9.73. The van der Waals surface area contributed by atoms with Crippen LogP contribution in [0.2, 0.25) is 0 Å². The van der Waals surface area contributed by atoms with Crippen molar-refractivity contribution in [3.63, 3.8) is 0 Å². The van der Waals surface area contributed by atoms with Gasteiger partial charge in [0, 0.05) is 56.7 Å². The molecule has 21 heavy (non-hydrogen) atoms. The van der Waals surface area contributed by atoms with Crippen molar-refractivity contribution in [3.05, 3.63) is 11.6 Å². The molecule has 1 aromatic rings. The van der Waals surface area contributed by atoms with Crippen molar-refractivity contribution < 1.29 is 9.53 Å². The molecule has 6 heteroatoms. The van der Waals surface area contributed by atoms with E-state index in [1.54, 1.807) is 18.4 Å². The number of thiazole rings is 1. The Kier molecular flexibility index (Phi) is 4.45. The molecule has 0 aliphatic carbocycles. The zero-order valence-electron chi connectivity index (χ0n) is 12.6. The number of likely N-dealkylation sites (tertiary alicyclic amines) is 1. The van der Waals surface area contributed by atoms with E-state index in [0.717, 1.165) is 31.2 Å². The maximum Gasteiger partial charge on any atom is 0.222 e. The fourth-order valence-electron chi connectivity index (χ4n) is 3.58. The maximum absolute atomic E-state index is 12.1. The van der Waals surface area contributed by atoms with Crippen LogP contribution in [-0.2, 0) is 9.53 Å². The SMILES string of the molecule is COCCN1CC2(CCCN(c3nccs3)C2)CCC1=O. The molecule has 0 aromatic carbocycles. The second-order valence-electron chi connectivity index (χ2n) is 6.15. The first kappa shape index (κ1) is 14.8. The van der Waals surface area contributed by atoms with E-state index in [2.05, 4.69) is 9.88 Å². The molecule has 5 nitrogen and oxygen atoms in total. The Morgan fingerprint density at radius 1 is 1.43 bits per heavy atom. The van der Waals surface area contributed by atoms with Gasteiger partial charge in [-0.15, -0.1) is 11.3 Å². The lowest BCUT2D eigenvalue weighted by Gasteiger charge is -2.48. The van der Waals surface area contributed by atoms with Crippen LogP contribution in [-0.4, -0.2) is 55.7 Å². The highest BCUT2D eigenvalue weighted by molar-refractivity contribution is 7.13. The first-order chi connectivity index (χ1) is 10.2. The summed E-state index contributed by atoms with van der Waals surface area (Å²) in [7, 11) is 1.69. The van der Waals surface area contributed by atoms with Crippen LogP contribution in [0.15, 0.2) is 11.6 Å². The van der Waals surface area contributed by atoms with Gasteiger partial charge in [-0.1, -0.05) is 0 Å². The van der Waals surface area contributed by atoms with Crippen molar-refractivity contribution >= 4 is 22.4 Å². The summed E-state index contributed by atoms with van der Waals surface area (Å²) in [5, 5.41) is 3.15. The van der Waals surface area contributed by atoms with Gasteiger partial charge in [0.2, 0.25) is 5.91 Å². The van der Waals surface area contributed by atoms with Crippen molar-refractivity contribution in [1.82, 2.24) is 9.88 Å². The van der Waals surface area contributed by atoms with Crippen LogP contribution in [0, 0.1) is 5.41 Å². The number of piperidine rings is 2. The molecule has 2 saturated heterocycles. The van der Waals surface area contributed by atoms with Crippen molar-refractivity contribution in [3.8, 4) is 0 Å². The minimum absolute atomic E-state index is 0.242. The molecular weight excluding hydrogens is 286 g/mol. The molecule has 1 spiro atoms. The highest BCUT2D eigenvalue weighted by atomic mass is 32.1. The van der Waals surface area contributed by atoms with Crippen molar-refractivity contribution in [2.75, 3.05) is 44.8 Å². The molecule has 0 bridgehead atoms. The van der Waals surface area contributed by atoms with Gasteiger partial charge >= 0.3 is 0 Å². The summed E-state index contributed by atoms with van der Waals surface area (Å²) >= 11 is 1.71. The van der Waals surface area contributed by atoms with E-state index in [4.69, 9.17) is 4.74 Å². The van der Waals surface area contributed by atoms with Gasteiger partial charge < -0.3 is 14.5 Å². The zero-order chi connectivity index (χ0) is 14.7. The topological polar surface area (TPSA) is 45.7 Å². The molecule has 0 saturated carbocycles. The number of carbonyl (C=O) groups is 1. The van der Waals surface area contributed by atoms with E-state index < -0.39 is 0 Å². The minimum Gasteiger partial charge on any atom is -0.383 e. The molecule has 1 aromatic heterocycles. The molecule has 2 aliphatic rings. The Hall–Kier alpha value is -1.14. The fourth-order valence-corrected chi connectivity index (χ4v) is 4.25. The molecule has 2 fully saturated rings. The number of nitrogens with zero attached hydrogens (tertiary/aromatic N) is 3. The Balaban J connectivity index is 1.69. The van der Waals surface area contributed by atoms with E-state index in [-0.39, 0.29) is 11.3 Å². The van der Waals surface area contributed by atoms with Crippen LogP contribution in [0.1, 0.15) is 25.7 Å². The van der Waals surface area contributed by atoms with E-state index in [1.165, 1.54) is 12.8 Å². The molecule has 1 amide bonds. The molecule has 2 aliphatic heterocycles. The summed E-state index contributed by atoms with van der Waals surface area (Å²) in [5.41, 5.74) is 0.242. The summed E-state index contributed by atoms with van der Waals surface area (Å²) in [4.78, 5) is 20.9. The second kappa shape index (κ2) is 6.32. The van der Waals surface area contributed by atoms with Gasteiger partial charge in [-0.05, 0) is 19.3 Å². The molecule has 0 radical (unpaired) electrons. The molecule has 1 atom stereocenters. The number of aromatic nitrogens is 1. The Labute approximate surface area is 129 Å². The maximum atomic E-state index is 12.1. The summed E-state index contributed by atoms with van der Waals surface area (Å²) in [5.74, 6) is 0.282. The number of methoxy groups -OCH3 is 1. The first-order valence-electron chi connectivity index (χ1n) is 7.64. The smallest absolute Gasteiger partial charge is 0.222 e. The van der Waals surface area contributed by atoms with Gasteiger partial charge in [0.1, 0.15) is 0 Å².